The fourth-order valence-electron chi connectivity index (χ4n) is 5.42. The molecule has 2 saturated carbocycles. The molecule has 2 aliphatic heterocycles. The first kappa shape index (κ1) is 21.1. The number of nitrogens with zero attached hydrogens (tertiary/aromatic N) is 2. The van der Waals surface area contributed by atoms with Crippen LogP contribution in [0.25, 0.3) is 0 Å². The van der Waals surface area contributed by atoms with Gasteiger partial charge >= 0.3 is 5.97 Å². The summed E-state index contributed by atoms with van der Waals surface area (Å²) in [5.74, 6) is 1.42. The zero-order valence-electron chi connectivity index (χ0n) is 17.0. The van der Waals surface area contributed by atoms with Crippen LogP contribution in [0.3, 0.4) is 0 Å². The molecule has 0 radical (unpaired) electrons. The Hall–Kier alpha value is -0.570. The van der Waals surface area contributed by atoms with Crippen molar-refractivity contribution in [2.24, 2.45) is 22.2 Å². The van der Waals surface area contributed by atoms with Gasteiger partial charge in [-0.3, -0.25) is 9.79 Å². The highest BCUT2D eigenvalue weighted by Crippen LogP contribution is 2.62. The molecule has 1 N–H and O–H groups in total. The van der Waals surface area contributed by atoms with E-state index < -0.39 is 5.60 Å². The van der Waals surface area contributed by atoms with Crippen LogP contribution in [0.5, 0.6) is 0 Å². The number of fused-ring (bicyclic) bond motifs is 2. The van der Waals surface area contributed by atoms with E-state index in [2.05, 4.69) is 15.2 Å². The van der Waals surface area contributed by atoms with E-state index in [9.17, 15) is 4.79 Å². The van der Waals surface area contributed by atoms with Gasteiger partial charge in [-0.15, -0.1) is 24.0 Å². The third kappa shape index (κ3) is 3.70. The SMILES string of the molecule is CN=C(NC1C2CCOC2C12CCC2)N1CCC(C(=O)OC(C)(C)C)C1.I. The van der Waals surface area contributed by atoms with Crippen LogP contribution in [-0.2, 0) is 14.3 Å². The van der Waals surface area contributed by atoms with E-state index in [0.717, 1.165) is 32.0 Å². The largest absolute Gasteiger partial charge is 0.460 e. The van der Waals surface area contributed by atoms with Crippen LogP contribution in [0.2, 0.25) is 0 Å². The summed E-state index contributed by atoms with van der Waals surface area (Å²) in [7, 11) is 1.85. The van der Waals surface area contributed by atoms with Crippen LogP contribution in [0.15, 0.2) is 4.99 Å². The fourth-order valence-corrected chi connectivity index (χ4v) is 5.42. The molecule has 2 aliphatic carbocycles. The number of carbonyl (C=O) groups excluding carboxylic acids is 1. The van der Waals surface area contributed by atoms with Crippen molar-refractivity contribution < 1.29 is 14.3 Å². The second kappa shape index (κ2) is 7.69. The van der Waals surface area contributed by atoms with E-state index in [0.29, 0.717) is 30.0 Å². The molecule has 4 atom stereocenters. The van der Waals surface area contributed by atoms with E-state index in [1.807, 2.05) is 27.8 Å². The maximum Gasteiger partial charge on any atom is 0.311 e. The molecule has 27 heavy (non-hydrogen) atoms. The number of rotatable bonds is 2. The summed E-state index contributed by atoms with van der Waals surface area (Å²) >= 11 is 0. The summed E-state index contributed by atoms with van der Waals surface area (Å²) in [6, 6.07) is 0.475. The highest BCUT2D eigenvalue weighted by molar-refractivity contribution is 14.0. The average molecular weight is 491 g/mol. The molecule has 4 rings (SSSR count). The third-order valence-corrected chi connectivity index (χ3v) is 6.76. The van der Waals surface area contributed by atoms with Gasteiger partial charge in [0, 0.05) is 44.1 Å². The fraction of sp³-hybridized carbons (Fsp3) is 0.900. The molecule has 4 unspecified atom stereocenters. The summed E-state index contributed by atoms with van der Waals surface area (Å²) in [4.78, 5) is 19.2. The summed E-state index contributed by atoms with van der Waals surface area (Å²) in [5.41, 5.74) is -0.0914. The topological polar surface area (TPSA) is 63.2 Å². The Morgan fingerprint density at radius 3 is 2.63 bits per heavy atom. The second-order valence-electron chi connectivity index (χ2n) is 9.46. The lowest BCUT2D eigenvalue weighted by Gasteiger charge is -2.63. The lowest BCUT2D eigenvalue weighted by Crippen LogP contribution is -2.72. The van der Waals surface area contributed by atoms with Crippen molar-refractivity contribution >= 4 is 35.9 Å². The Bertz CT molecular complexity index is 600. The predicted octanol–water partition coefficient (Wildman–Crippen LogP) is 2.80. The van der Waals surface area contributed by atoms with Crippen LogP contribution < -0.4 is 5.32 Å². The normalized spacial score (nSPS) is 34.4. The monoisotopic (exact) mass is 491 g/mol. The number of halogens is 1. The predicted molar refractivity (Wildman–Crippen MR) is 115 cm³/mol. The van der Waals surface area contributed by atoms with Crippen molar-refractivity contribution in [2.45, 2.75) is 70.6 Å². The van der Waals surface area contributed by atoms with Gasteiger partial charge in [0.05, 0.1) is 12.0 Å². The van der Waals surface area contributed by atoms with E-state index in [1.54, 1.807) is 0 Å². The number of esters is 1. The zero-order valence-corrected chi connectivity index (χ0v) is 19.3. The number of aliphatic imine (C=N–C) groups is 1. The minimum Gasteiger partial charge on any atom is -0.460 e. The molecule has 4 aliphatic rings. The molecule has 0 aromatic heterocycles. The molecule has 0 bridgehead atoms. The molecule has 1 spiro atoms. The van der Waals surface area contributed by atoms with Crippen LogP contribution >= 0.6 is 24.0 Å². The first-order valence-electron chi connectivity index (χ1n) is 10.2. The van der Waals surface area contributed by atoms with E-state index in [4.69, 9.17) is 9.47 Å². The minimum atomic E-state index is -0.426. The Morgan fingerprint density at radius 1 is 1.30 bits per heavy atom. The number of carbonyl (C=O) groups is 1. The Balaban J connectivity index is 0.00000210. The Labute approximate surface area is 179 Å². The maximum atomic E-state index is 12.4. The van der Waals surface area contributed by atoms with Gasteiger partial charge in [-0.2, -0.15) is 0 Å². The van der Waals surface area contributed by atoms with E-state index in [1.165, 1.54) is 19.3 Å². The quantitative estimate of drug-likeness (QED) is 0.279. The third-order valence-electron chi connectivity index (χ3n) is 6.76. The number of hydrogen-bond donors (Lipinski definition) is 1. The molecular formula is C20H34IN3O3. The van der Waals surface area contributed by atoms with Crippen molar-refractivity contribution in [1.82, 2.24) is 10.2 Å². The van der Waals surface area contributed by atoms with Gasteiger partial charge in [0.2, 0.25) is 0 Å². The van der Waals surface area contributed by atoms with Crippen LogP contribution in [-0.4, -0.2) is 61.3 Å². The van der Waals surface area contributed by atoms with Gasteiger partial charge in [0.25, 0.3) is 0 Å². The summed E-state index contributed by atoms with van der Waals surface area (Å²) in [6.07, 6.45) is 6.29. The van der Waals surface area contributed by atoms with E-state index >= 15 is 0 Å². The minimum absolute atomic E-state index is 0. The first-order chi connectivity index (χ1) is 12.3. The molecule has 2 heterocycles. The molecule has 7 heteroatoms. The van der Waals surface area contributed by atoms with Crippen LogP contribution in [0.4, 0.5) is 0 Å². The van der Waals surface area contributed by atoms with Crippen LogP contribution in [0, 0.1) is 17.3 Å². The van der Waals surface area contributed by atoms with Gasteiger partial charge in [-0.05, 0) is 46.5 Å². The highest BCUT2D eigenvalue weighted by atomic mass is 127. The number of nitrogens with one attached hydrogen (secondary N) is 1. The summed E-state index contributed by atoms with van der Waals surface area (Å²) < 4.78 is 11.6. The molecule has 0 aromatic rings. The average Bonchev–Trinajstić information content (AvgIpc) is 3.13. The van der Waals surface area contributed by atoms with Crippen molar-refractivity contribution in [3.05, 3.63) is 0 Å². The van der Waals surface area contributed by atoms with Gasteiger partial charge in [0.1, 0.15) is 5.60 Å². The Morgan fingerprint density at radius 2 is 2.04 bits per heavy atom. The number of hydrogen-bond acceptors (Lipinski definition) is 4. The number of ether oxygens (including phenoxy) is 2. The summed E-state index contributed by atoms with van der Waals surface area (Å²) in [5, 5.41) is 3.76. The standard InChI is InChI=1S/C20H33N3O3.HI/c1-19(2,3)26-17(24)13-6-10-23(12-13)18(21-4)22-15-14-7-11-25-16(14)20(15)8-5-9-20;/h13-16H,5-12H2,1-4H3,(H,21,22);1H. The van der Waals surface area contributed by atoms with Crippen molar-refractivity contribution in [2.75, 3.05) is 26.7 Å². The van der Waals surface area contributed by atoms with Crippen molar-refractivity contribution in [3.8, 4) is 0 Å². The molecular weight excluding hydrogens is 457 g/mol. The lowest BCUT2D eigenvalue weighted by atomic mass is 9.46. The molecule has 4 fully saturated rings. The zero-order chi connectivity index (χ0) is 18.5. The van der Waals surface area contributed by atoms with Crippen LogP contribution in [0.1, 0.15) is 52.9 Å². The van der Waals surface area contributed by atoms with Gasteiger partial charge in [-0.1, -0.05) is 6.42 Å². The van der Waals surface area contributed by atoms with E-state index in [-0.39, 0.29) is 35.9 Å². The number of likely N-dealkylation sites (tertiary alicyclic amines) is 1. The molecule has 154 valence electrons. The smallest absolute Gasteiger partial charge is 0.311 e. The van der Waals surface area contributed by atoms with Gasteiger partial charge < -0.3 is 19.7 Å². The summed E-state index contributed by atoms with van der Waals surface area (Å²) in [6.45, 7) is 8.22. The molecule has 0 aromatic carbocycles. The maximum absolute atomic E-state index is 12.4. The molecule has 0 amide bonds. The Kier molecular flexibility index (Phi) is 6.02. The number of guanidine groups is 1. The molecule has 2 saturated heterocycles. The van der Waals surface area contributed by atoms with Crippen molar-refractivity contribution in [1.29, 1.82) is 0 Å². The molecule has 6 nitrogen and oxygen atoms in total. The first-order valence-corrected chi connectivity index (χ1v) is 10.2. The second-order valence-corrected chi connectivity index (χ2v) is 9.46. The van der Waals surface area contributed by atoms with Gasteiger partial charge in [-0.25, -0.2) is 0 Å². The highest BCUT2D eigenvalue weighted by Gasteiger charge is 2.67. The van der Waals surface area contributed by atoms with Gasteiger partial charge in [0.15, 0.2) is 5.96 Å². The lowest BCUT2D eigenvalue weighted by molar-refractivity contribution is -0.171. The van der Waals surface area contributed by atoms with Crippen molar-refractivity contribution in [3.63, 3.8) is 0 Å².